The van der Waals surface area contributed by atoms with E-state index in [1.165, 1.54) is 41.2 Å². The molecule has 2 heterocycles. The van der Waals surface area contributed by atoms with Gasteiger partial charge in [-0.05, 0) is 6.07 Å². The van der Waals surface area contributed by atoms with Crippen LogP contribution in [0.25, 0.3) is 10.9 Å². The Kier molecular flexibility index (Phi) is 2.33. The van der Waals surface area contributed by atoms with Gasteiger partial charge < -0.3 is 9.88 Å². The summed E-state index contributed by atoms with van der Waals surface area (Å²) in [5, 5.41) is 1.35. The van der Waals surface area contributed by atoms with Gasteiger partial charge >= 0.3 is 0 Å². The Labute approximate surface area is 93.7 Å². The van der Waals surface area contributed by atoms with E-state index in [-0.39, 0.29) is 0 Å². The Morgan fingerprint density at radius 1 is 1.13 bits per heavy atom. The summed E-state index contributed by atoms with van der Waals surface area (Å²) in [6.07, 6.45) is 2.14. The van der Waals surface area contributed by atoms with Gasteiger partial charge in [-0.25, -0.2) is 0 Å². The van der Waals surface area contributed by atoms with Crippen molar-refractivity contribution in [2.45, 2.75) is 0 Å². The number of hydrogen-bond acceptors (Lipinski definition) is 2. The van der Waals surface area contributed by atoms with E-state index >= 15 is 0 Å². The van der Waals surface area contributed by atoms with E-state index in [0.29, 0.717) is 0 Å². The predicted octanol–water partition coefficient (Wildman–Crippen LogP) is 2.72. The monoisotopic (exact) mass is 218 g/mol. The van der Waals surface area contributed by atoms with Gasteiger partial charge in [0.15, 0.2) is 0 Å². The number of hydrogen-bond donors (Lipinski definition) is 1. The zero-order chi connectivity index (χ0) is 10.1. The molecule has 2 nitrogen and oxygen atoms in total. The molecule has 2 aromatic rings. The molecule has 3 heteroatoms. The molecule has 0 radical (unpaired) electrons. The SMILES string of the molecule is c1ccc2c(N3CCSCC3)c[nH]c2c1. The summed E-state index contributed by atoms with van der Waals surface area (Å²) in [5.41, 5.74) is 2.61. The smallest absolute Gasteiger partial charge is 0.0624 e. The number of fused-ring (bicyclic) bond motifs is 1. The van der Waals surface area contributed by atoms with Crippen molar-refractivity contribution in [1.29, 1.82) is 0 Å². The van der Waals surface area contributed by atoms with Gasteiger partial charge in [0.05, 0.1) is 5.69 Å². The molecule has 1 aromatic heterocycles. The zero-order valence-corrected chi connectivity index (χ0v) is 9.39. The second-order valence-corrected chi connectivity index (χ2v) is 5.04. The average Bonchev–Trinajstić information content (AvgIpc) is 2.74. The fraction of sp³-hybridized carbons (Fsp3) is 0.333. The molecule has 1 saturated heterocycles. The summed E-state index contributed by atoms with van der Waals surface area (Å²) < 4.78 is 0. The fourth-order valence-corrected chi connectivity index (χ4v) is 3.03. The van der Waals surface area contributed by atoms with Crippen LogP contribution >= 0.6 is 11.8 Å². The van der Waals surface area contributed by atoms with Crippen LogP contribution in [0.1, 0.15) is 0 Å². The Morgan fingerprint density at radius 2 is 1.93 bits per heavy atom. The van der Waals surface area contributed by atoms with Gasteiger partial charge in [-0.15, -0.1) is 0 Å². The minimum absolute atomic E-state index is 1.17. The Morgan fingerprint density at radius 3 is 2.80 bits per heavy atom. The van der Waals surface area contributed by atoms with Crippen molar-refractivity contribution < 1.29 is 0 Å². The number of H-pyrrole nitrogens is 1. The third kappa shape index (κ3) is 1.61. The van der Waals surface area contributed by atoms with Crippen molar-refractivity contribution in [2.24, 2.45) is 0 Å². The lowest BCUT2D eigenvalue weighted by Crippen LogP contribution is -2.32. The van der Waals surface area contributed by atoms with Crippen molar-refractivity contribution in [3.8, 4) is 0 Å². The molecule has 1 fully saturated rings. The van der Waals surface area contributed by atoms with E-state index in [1.54, 1.807) is 0 Å². The van der Waals surface area contributed by atoms with Gasteiger partial charge in [0.1, 0.15) is 0 Å². The minimum atomic E-state index is 1.17. The van der Waals surface area contributed by atoms with E-state index < -0.39 is 0 Å². The highest BCUT2D eigenvalue weighted by atomic mass is 32.2. The molecule has 78 valence electrons. The van der Waals surface area contributed by atoms with Crippen LogP contribution in [0, 0.1) is 0 Å². The third-order valence-electron chi connectivity index (χ3n) is 2.92. The lowest BCUT2D eigenvalue weighted by molar-refractivity contribution is 0.862. The highest BCUT2D eigenvalue weighted by molar-refractivity contribution is 7.99. The predicted molar refractivity (Wildman–Crippen MR) is 67.8 cm³/mol. The van der Waals surface area contributed by atoms with Crippen LogP contribution in [-0.2, 0) is 0 Å². The van der Waals surface area contributed by atoms with Gasteiger partial charge in [-0.2, -0.15) is 11.8 Å². The van der Waals surface area contributed by atoms with Crippen molar-refractivity contribution in [3.63, 3.8) is 0 Å². The van der Waals surface area contributed by atoms with Crippen LogP contribution in [0.5, 0.6) is 0 Å². The van der Waals surface area contributed by atoms with E-state index in [4.69, 9.17) is 0 Å². The topological polar surface area (TPSA) is 19.0 Å². The van der Waals surface area contributed by atoms with Crippen molar-refractivity contribution in [2.75, 3.05) is 29.5 Å². The molecule has 1 aliphatic heterocycles. The minimum Gasteiger partial charge on any atom is -0.368 e. The number of aromatic amines is 1. The van der Waals surface area contributed by atoms with Crippen LogP contribution in [0.2, 0.25) is 0 Å². The van der Waals surface area contributed by atoms with Crippen LogP contribution in [0.4, 0.5) is 5.69 Å². The van der Waals surface area contributed by atoms with Gasteiger partial charge in [0, 0.05) is 41.7 Å². The average molecular weight is 218 g/mol. The van der Waals surface area contributed by atoms with Crippen molar-refractivity contribution >= 4 is 28.4 Å². The highest BCUT2D eigenvalue weighted by Gasteiger charge is 2.14. The summed E-state index contributed by atoms with van der Waals surface area (Å²) in [6.45, 7) is 2.35. The first-order valence-electron chi connectivity index (χ1n) is 5.34. The molecule has 0 atom stereocenters. The molecule has 1 aromatic carbocycles. The largest absolute Gasteiger partial charge is 0.368 e. The van der Waals surface area contributed by atoms with Gasteiger partial charge in [0.25, 0.3) is 0 Å². The number of anilines is 1. The standard InChI is InChI=1S/C12H14N2S/c1-2-4-11-10(3-1)12(9-13-11)14-5-7-15-8-6-14/h1-4,9,13H,5-8H2. The number of rotatable bonds is 1. The number of benzene rings is 1. The number of nitrogens with zero attached hydrogens (tertiary/aromatic N) is 1. The highest BCUT2D eigenvalue weighted by Crippen LogP contribution is 2.28. The van der Waals surface area contributed by atoms with E-state index in [1.807, 2.05) is 11.8 Å². The molecule has 0 unspecified atom stereocenters. The van der Waals surface area contributed by atoms with Crippen molar-refractivity contribution in [1.82, 2.24) is 4.98 Å². The molecule has 1 N–H and O–H groups in total. The Hall–Kier alpha value is -1.09. The number of thioether (sulfide) groups is 1. The van der Waals surface area contributed by atoms with Crippen LogP contribution in [0.15, 0.2) is 30.5 Å². The Bertz CT molecular complexity index is 457. The fourth-order valence-electron chi connectivity index (χ4n) is 2.12. The molecular weight excluding hydrogens is 204 g/mol. The second kappa shape index (κ2) is 3.81. The van der Waals surface area contributed by atoms with E-state index in [0.717, 1.165) is 0 Å². The first-order chi connectivity index (χ1) is 7.45. The lowest BCUT2D eigenvalue weighted by Gasteiger charge is -2.27. The zero-order valence-electron chi connectivity index (χ0n) is 8.57. The molecule has 0 saturated carbocycles. The van der Waals surface area contributed by atoms with E-state index in [2.05, 4.69) is 40.3 Å². The third-order valence-corrected chi connectivity index (χ3v) is 3.86. The number of para-hydroxylation sites is 1. The number of aromatic nitrogens is 1. The van der Waals surface area contributed by atoms with Crippen LogP contribution in [0.3, 0.4) is 0 Å². The molecule has 15 heavy (non-hydrogen) atoms. The normalized spacial score (nSPS) is 17.2. The van der Waals surface area contributed by atoms with Crippen LogP contribution < -0.4 is 4.90 Å². The summed E-state index contributed by atoms with van der Waals surface area (Å²) in [5.74, 6) is 2.50. The van der Waals surface area contributed by atoms with E-state index in [9.17, 15) is 0 Å². The van der Waals surface area contributed by atoms with Crippen molar-refractivity contribution in [3.05, 3.63) is 30.5 Å². The first kappa shape index (κ1) is 9.16. The molecule has 0 bridgehead atoms. The van der Waals surface area contributed by atoms with Gasteiger partial charge in [-0.3, -0.25) is 0 Å². The quantitative estimate of drug-likeness (QED) is 0.793. The summed E-state index contributed by atoms with van der Waals surface area (Å²) >= 11 is 2.05. The second-order valence-electron chi connectivity index (χ2n) is 3.82. The molecule has 3 rings (SSSR count). The van der Waals surface area contributed by atoms with Gasteiger partial charge in [-0.1, -0.05) is 18.2 Å². The summed E-state index contributed by atoms with van der Waals surface area (Å²) in [6, 6.07) is 8.52. The summed E-state index contributed by atoms with van der Waals surface area (Å²) in [7, 11) is 0. The number of nitrogens with one attached hydrogen (secondary N) is 1. The van der Waals surface area contributed by atoms with Crippen LogP contribution in [-0.4, -0.2) is 29.6 Å². The lowest BCUT2D eigenvalue weighted by atomic mass is 10.2. The molecule has 1 aliphatic rings. The molecule has 0 spiro atoms. The summed E-state index contributed by atoms with van der Waals surface area (Å²) in [4.78, 5) is 5.82. The Balaban J connectivity index is 2.02. The maximum atomic E-state index is 3.34. The maximum Gasteiger partial charge on any atom is 0.0624 e. The maximum absolute atomic E-state index is 3.34. The molecule has 0 aliphatic carbocycles. The molecular formula is C12H14N2S. The molecule has 0 amide bonds. The first-order valence-corrected chi connectivity index (χ1v) is 6.49. The van der Waals surface area contributed by atoms with Gasteiger partial charge in [0.2, 0.25) is 0 Å².